The van der Waals surface area contributed by atoms with E-state index in [4.69, 9.17) is 4.84 Å². The van der Waals surface area contributed by atoms with Crippen LogP contribution in [0, 0.1) is 16.0 Å². The fourth-order valence-electron chi connectivity index (χ4n) is 3.04. The molecule has 1 saturated carbocycles. The molecule has 0 radical (unpaired) electrons. The molecule has 20 heavy (non-hydrogen) atoms. The first-order chi connectivity index (χ1) is 9.66. The van der Waals surface area contributed by atoms with Crippen LogP contribution < -0.4 is 10.3 Å². The predicted molar refractivity (Wildman–Crippen MR) is 71.6 cm³/mol. The van der Waals surface area contributed by atoms with Crippen molar-refractivity contribution in [1.82, 2.24) is 5.48 Å². The average molecular weight is 276 g/mol. The van der Waals surface area contributed by atoms with E-state index in [1.165, 1.54) is 24.6 Å². The zero-order valence-corrected chi connectivity index (χ0v) is 11.0. The number of nitrogens with zero attached hydrogens (tertiary/aromatic N) is 1. The molecule has 0 amide bonds. The summed E-state index contributed by atoms with van der Waals surface area (Å²) in [6, 6.07) is 3.74. The number of fused-ring (bicyclic) bond motifs is 1. The maximum absolute atomic E-state index is 12.5. The van der Waals surface area contributed by atoms with E-state index in [9.17, 15) is 14.9 Å². The number of nitro groups is 1. The Hall–Kier alpha value is -1.95. The zero-order valence-electron chi connectivity index (χ0n) is 11.0. The summed E-state index contributed by atoms with van der Waals surface area (Å²) >= 11 is 0. The summed E-state index contributed by atoms with van der Waals surface area (Å²) in [4.78, 5) is 28.2. The van der Waals surface area contributed by atoms with E-state index in [-0.39, 0.29) is 23.4 Å². The van der Waals surface area contributed by atoms with Gasteiger partial charge in [0.05, 0.1) is 10.5 Å². The van der Waals surface area contributed by atoms with Gasteiger partial charge in [-0.05, 0) is 24.8 Å². The van der Waals surface area contributed by atoms with Gasteiger partial charge in [0.15, 0.2) is 11.5 Å². The molecule has 1 fully saturated rings. The van der Waals surface area contributed by atoms with Crippen LogP contribution in [0.5, 0.6) is 5.75 Å². The van der Waals surface area contributed by atoms with Crippen molar-refractivity contribution in [3.8, 4) is 5.75 Å². The van der Waals surface area contributed by atoms with E-state index in [0.717, 1.165) is 25.7 Å². The fraction of sp³-hybridized carbons (Fsp3) is 0.500. The van der Waals surface area contributed by atoms with Gasteiger partial charge in [-0.25, -0.2) is 0 Å². The second-order valence-electron chi connectivity index (χ2n) is 5.40. The molecule has 2 aliphatic rings. The Kier molecular flexibility index (Phi) is 3.40. The van der Waals surface area contributed by atoms with Gasteiger partial charge in [0.25, 0.3) is 5.69 Å². The van der Waals surface area contributed by atoms with Gasteiger partial charge in [0.1, 0.15) is 6.04 Å². The minimum absolute atomic E-state index is 0.0787. The highest BCUT2D eigenvalue weighted by Gasteiger charge is 2.36. The molecule has 6 nitrogen and oxygen atoms in total. The second kappa shape index (κ2) is 5.20. The van der Waals surface area contributed by atoms with Gasteiger partial charge in [-0.1, -0.05) is 19.3 Å². The van der Waals surface area contributed by atoms with Crippen molar-refractivity contribution in [3.05, 3.63) is 33.9 Å². The highest BCUT2D eigenvalue weighted by Crippen LogP contribution is 2.33. The van der Waals surface area contributed by atoms with Crippen molar-refractivity contribution in [2.75, 3.05) is 0 Å². The van der Waals surface area contributed by atoms with Gasteiger partial charge in [0.2, 0.25) is 0 Å². The zero-order chi connectivity index (χ0) is 14.1. The molecular weight excluding hydrogens is 260 g/mol. The number of carbonyl (C=O) groups is 1. The SMILES string of the molecule is O=C1c2cc([N+](=O)[O-])ccc2ONC1C1CCCCC1. The summed E-state index contributed by atoms with van der Waals surface area (Å²) < 4.78 is 0. The highest BCUT2D eigenvalue weighted by molar-refractivity contribution is 6.03. The molecule has 1 unspecified atom stereocenters. The van der Waals surface area contributed by atoms with E-state index >= 15 is 0 Å². The van der Waals surface area contributed by atoms with Crippen LogP contribution in [0.4, 0.5) is 5.69 Å². The minimum atomic E-state index is -0.495. The van der Waals surface area contributed by atoms with Crippen LogP contribution in [0.15, 0.2) is 18.2 Å². The Morgan fingerprint density at radius 2 is 2.00 bits per heavy atom. The molecule has 0 bridgehead atoms. The number of ketones is 1. The lowest BCUT2D eigenvalue weighted by Gasteiger charge is -2.32. The van der Waals surface area contributed by atoms with Crippen LogP contribution in [-0.4, -0.2) is 16.7 Å². The summed E-state index contributed by atoms with van der Waals surface area (Å²) in [6.07, 6.45) is 5.45. The van der Waals surface area contributed by atoms with Crippen molar-refractivity contribution >= 4 is 11.5 Å². The standard InChI is InChI=1S/C14H16N2O4/c17-14-11-8-10(16(18)19)6-7-12(11)20-15-13(14)9-4-2-1-3-5-9/h6-9,13,15H,1-5H2. The van der Waals surface area contributed by atoms with Gasteiger partial charge in [-0.15, -0.1) is 5.48 Å². The summed E-state index contributed by atoms with van der Waals surface area (Å²) in [5, 5.41) is 10.8. The quantitative estimate of drug-likeness (QED) is 0.663. The number of carbonyl (C=O) groups excluding carboxylic acids is 1. The third kappa shape index (κ3) is 2.27. The second-order valence-corrected chi connectivity index (χ2v) is 5.40. The van der Waals surface area contributed by atoms with Crippen molar-refractivity contribution in [2.24, 2.45) is 5.92 Å². The number of nitrogens with one attached hydrogen (secondary N) is 1. The first kappa shape index (κ1) is 13.1. The number of hydroxylamine groups is 1. The molecule has 1 aromatic rings. The van der Waals surface area contributed by atoms with E-state index in [1.807, 2.05) is 0 Å². The van der Waals surface area contributed by atoms with Crippen molar-refractivity contribution in [1.29, 1.82) is 0 Å². The number of rotatable bonds is 2. The topological polar surface area (TPSA) is 81.5 Å². The van der Waals surface area contributed by atoms with E-state index in [2.05, 4.69) is 5.48 Å². The van der Waals surface area contributed by atoms with Gasteiger partial charge in [-0.3, -0.25) is 14.9 Å². The Bertz CT molecular complexity index is 552. The van der Waals surface area contributed by atoms with Crippen LogP contribution in [-0.2, 0) is 0 Å². The summed E-state index contributed by atoms with van der Waals surface area (Å²) in [5.74, 6) is 0.526. The van der Waals surface area contributed by atoms with Gasteiger partial charge in [0, 0.05) is 12.1 Å². The first-order valence-electron chi connectivity index (χ1n) is 6.92. The molecule has 3 rings (SSSR count). The van der Waals surface area contributed by atoms with Crippen LogP contribution in [0.1, 0.15) is 42.5 Å². The molecule has 1 aliphatic heterocycles. The largest absolute Gasteiger partial charge is 0.407 e. The molecule has 1 aliphatic carbocycles. The fourth-order valence-corrected chi connectivity index (χ4v) is 3.04. The van der Waals surface area contributed by atoms with Crippen molar-refractivity contribution in [3.63, 3.8) is 0 Å². The molecule has 1 heterocycles. The molecule has 0 saturated heterocycles. The minimum Gasteiger partial charge on any atom is -0.407 e. The molecule has 1 N–H and O–H groups in total. The van der Waals surface area contributed by atoms with E-state index in [1.54, 1.807) is 0 Å². The Morgan fingerprint density at radius 1 is 1.25 bits per heavy atom. The monoisotopic (exact) mass is 276 g/mol. The molecule has 6 heteroatoms. The molecule has 0 aromatic heterocycles. The smallest absolute Gasteiger partial charge is 0.270 e. The maximum Gasteiger partial charge on any atom is 0.270 e. The number of nitro benzene ring substituents is 1. The molecule has 106 valence electrons. The van der Waals surface area contributed by atoms with Crippen LogP contribution in [0.25, 0.3) is 0 Å². The maximum atomic E-state index is 12.5. The Labute approximate surface area is 116 Å². The predicted octanol–water partition coefficient (Wildman–Crippen LogP) is 2.62. The number of Topliss-reactive ketones (excluding diaryl/α,β-unsaturated/α-hetero) is 1. The number of hydrogen-bond acceptors (Lipinski definition) is 5. The average Bonchev–Trinajstić information content (AvgIpc) is 2.48. The number of non-ortho nitro benzene ring substituents is 1. The number of hydrogen-bond donors (Lipinski definition) is 1. The molecule has 0 spiro atoms. The van der Waals surface area contributed by atoms with Crippen LogP contribution >= 0.6 is 0 Å². The lowest BCUT2D eigenvalue weighted by atomic mass is 9.81. The lowest BCUT2D eigenvalue weighted by molar-refractivity contribution is -0.384. The number of benzene rings is 1. The van der Waals surface area contributed by atoms with Crippen LogP contribution in [0.3, 0.4) is 0 Å². The molecular formula is C14H16N2O4. The van der Waals surface area contributed by atoms with Crippen molar-refractivity contribution in [2.45, 2.75) is 38.1 Å². The summed E-state index contributed by atoms with van der Waals surface area (Å²) in [5.41, 5.74) is 3.06. The summed E-state index contributed by atoms with van der Waals surface area (Å²) in [7, 11) is 0. The summed E-state index contributed by atoms with van der Waals surface area (Å²) in [6.45, 7) is 0. The Morgan fingerprint density at radius 3 is 2.70 bits per heavy atom. The normalized spacial score (nSPS) is 23.0. The highest BCUT2D eigenvalue weighted by atomic mass is 16.7. The van der Waals surface area contributed by atoms with E-state index in [0.29, 0.717) is 11.3 Å². The first-order valence-corrected chi connectivity index (χ1v) is 6.92. The van der Waals surface area contributed by atoms with Gasteiger partial charge in [-0.2, -0.15) is 0 Å². The molecule has 1 aromatic carbocycles. The Balaban J connectivity index is 1.88. The van der Waals surface area contributed by atoms with Crippen LogP contribution in [0.2, 0.25) is 0 Å². The van der Waals surface area contributed by atoms with Gasteiger partial charge < -0.3 is 4.84 Å². The lowest BCUT2D eigenvalue weighted by Crippen LogP contribution is -2.48. The van der Waals surface area contributed by atoms with Gasteiger partial charge >= 0.3 is 0 Å². The third-order valence-electron chi connectivity index (χ3n) is 4.14. The third-order valence-corrected chi connectivity index (χ3v) is 4.14. The van der Waals surface area contributed by atoms with E-state index < -0.39 is 4.92 Å². The van der Waals surface area contributed by atoms with Crippen molar-refractivity contribution < 1.29 is 14.6 Å². The molecule has 1 atom stereocenters.